The predicted molar refractivity (Wildman–Crippen MR) is 59.2 cm³/mol. The van der Waals surface area contributed by atoms with Crippen LogP contribution in [0, 0.1) is 0 Å². The maximum atomic E-state index is 9.62. The molecular formula is C11H20O6. The zero-order valence-electron chi connectivity index (χ0n) is 9.60. The minimum Gasteiger partial charge on any atom is -0.394 e. The average molecular weight is 248 g/mol. The topological polar surface area (TPSA) is 99.4 Å². The SMILES string of the molecule is C=CCCCOC1O[C@@H]([C@H](O)CO)[C@H](O)[C@H]1O. The van der Waals surface area contributed by atoms with Gasteiger partial charge >= 0.3 is 0 Å². The second-order valence-corrected chi connectivity index (χ2v) is 4.00. The Balaban J connectivity index is 2.39. The lowest BCUT2D eigenvalue weighted by Gasteiger charge is -2.18. The third kappa shape index (κ3) is 3.74. The summed E-state index contributed by atoms with van der Waals surface area (Å²) in [4.78, 5) is 0. The molecule has 0 spiro atoms. The molecule has 5 atom stereocenters. The van der Waals surface area contributed by atoms with Gasteiger partial charge in [0, 0.05) is 0 Å². The van der Waals surface area contributed by atoms with Crippen LogP contribution in [0.25, 0.3) is 0 Å². The van der Waals surface area contributed by atoms with Crippen LogP contribution in [0.3, 0.4) is 0 Å². The molecule has 4 N–H and O–H groups in total. The van der Waals surface area contributed by atoms with Crippen LogP contribution in [0.15, 0.2) is 12.7 Å². The third-order valence-electron chi connectivity index (χ3n) is 2.66. The quantitative estimate of drug-likeness (QED) is 0.332. The van der Waals surface area contributed by atoms with Gasteiger partial charge in [-0.2, -0.15) is 0 Å². The molecule has 1 rings (SSSR count). The molecular weight excluding hydrogens is 228 g/mol. The summed E-state index contributed by atoms with van der Waals surface area (Å²) >= 11 is 0. The summed E-state index contributed by atoms with van der Waals surface area (Å²) in [7, 11) is 0. The molecule has 0 aromatic rings. The fourth-order valence-corrected chi connectivity index (χ4v) is 1.66. The smallest absolute Gasteiger partial charge is 0.186 e. The molecule has 0 saturated carbocycles. The van der Waals surface area contributed by atoms with Crippen LogP contribution >= 0.6 is 0 Å². The van der Waals surface area contributed by atoms with Crippen LogP contribution in [0.4, 0.5) is 0 Å². The molecule has 0 amide bonds. The van der Waals surface area contributed by atoms with E-state index in [4.69, 9.17) is 14.6 Å². The number of allylic oxidation sites excluding steroid dienone is 1. The maximum Gasteiger partial charge on any atom is 0.186 e. The molecule has 100 valence electrons. The Morgan fingerprint density at radius 1 is 1.35 bits per heavy atom. The monoisotopic (exact) mass is 248 g/mol. The zero-order valence-corrected chi connectivity index (χ0v) is 9.60. The van der Waals surface area contributed by atoms with Crippen molar-refractivity contribution in [1.82, 2.24) is 0 Å². The molecule has 1 heterocycles. The highest BCUT2D eigenvalue weighted by molar-refractivity contribution is 4.90. The first-order chi connectivity index (χ1) is 8.11. The zero-order chi connectivity index (χ0) is 12.8. The number of rotatable bonds is 7. The van der Waals surface area contributed by atoms with Crippen molar-refractivity contribution < 1.29 is 29.9 Å². The molecule has 6 nitrogen and oxygen atoms in total. The first-order valence-corrected chi connectivity index (χ1v) is 5.64. The Morgan fingerprint density at radius 2 is 2.06 bits per heavy atom. The highest BCUT2D eigenvalue weighted by atomic mass is 16.7. The number of hydrogen-bond acceptors (Lipinski definition) is 6. The van der Waals surface area contributed by atoms with Crippen LogP contribution in [-0.2, 0) is 9.47 Å². The van der Waals surface area contributed by atoms with Crippen LogP contribution in [0.2, 0.25) is 0 Å². The predicted octanol–water partition coefficient (Wildman–Crippen LogP) is -1.23. The minimum atomic E-state index is -1.26. The van der Waals surface area contributed by atoms with Crippen molar-refractivity contribution in [3.8, 4) is 0 Å². The lowest BCUT2D eigenvalue weighted by Crippen LogP contribution is -2.40. The van der Waals surface area contributed by atoms with Gasteiger partial charge < -0.3 is 29.9 Å². The Labute approximate surface area is 100 Å². The molecule has 1 aliphatic rings. The van der Waals surface area contributed by atoms with Gasteiger partial charge in [-0.3, -0.25) is 0 Å². The number of aliphatic hydroxyl groups is 4. The van der Waals surface area contributed by atoms with Gasteiger partial charge in [-0.1, -0.05) is 6.08 Å². The molecule has 0 aromatic heterocycles. The molecule has 0 aliphatic carbocycles. The number of ether oxygens (including phenoxy) is 2. The van der Waals surface area contributed by atoms with E-state index in [1.807, 2.05) is 0 Å². The Kier molecular flexibility index (Phi) is 6.04. The van der Waals surface area contributed by atoms with Crippen molar-refractivity contribution in [2.24, 2.45) is 0 Å². The van der Waals surface area contributed by atoms with E-state index in [0.29, 0.717) is 6.61 Å². The summed E-state index contributed by atoms with van der Waals surface area (Å²) in [6.07, 6.45) is -2.44. The highest BCUT2D eigenvalue weighted by Crippen LogP contribution is 2.24. The summed E-state index contributed by atoms with van der Waals surface area (Å²) in [5.74, 6) is 0. The lowest BCUT2D eigenvalue weighted by atomic mass is 10.1. The highest BCUT2D eigenvalue weighted by Gasteiger charge is 2.46. The van der Waals surface area contributed by atoms with E-state index in [2.05, 4.69) is 6.58 Å². The van der Waals surface area contributed by atoms with Crippen LogP contribution < -0.4 is 0 Å². The van der Waals surface area contributed by atoms with E-state index in [0.717, 1.165) is 12.8 Å². The van der Waals surface area contributed by atoms with E-state index in [1.54, 1.807) is 6.08 Å². The maximum absolute atomic E-state index is 9.62. The lowest BCUT2D eigenvalue weighted by molar-refractivity contribution is -0.180. The standard InChI is InChI=1S/C11H20O6/c1-2-3-4-5-16-11-9(15)8(14)10(17-11)7(13)6-12/h2,7-15H,1,3-6H2/t7-,8-,9-,10+,11?/m1/s1. The molecule has 6 heteroatoms. The summed E-state index contributed by atoms with van der Waals surface area (Å²) in [6, 6.07) is 0. The first kappa shape index (κ1) is 14.6. The molecule has 1 unspecified atom stereocenters. The fourth-order valence-electron chi connectivity index (χ4n) is 1.66. The third-order valence-corrected chi connectivity index (χ3v) is 2.66. The van der Waals surface area contributed by atoms with E-state index < -0.39 is 37.3 Å². The largest absolute Gasteiger partial charge is 0.394 e. The minimum absolute atomic E-state index is 0.363. The van der Waals surface area contributed by atoms with Crippen LogP contribution in [0.5, 0.6) is 0 Å². The van der Waals surface area contributed by atoms with Crippen molar-refractivity contribution in [3.05, 3.63) is 12.7 Å². The van der Waals surface area contributed by atoms with Gasteiger partial charge in [0.05, 0.1) is 13.2 Å². The van der Waals surface area contributed by atoms with Crippen molar-refractivity contribution in [2.45, 2.75) is 43.5 Å². The second-order valence-electron chi connectivity index (χ2n) is 4.00. The Bertz CT molecular complexity index is 234. The van der Waals surface area contributed by atoms with Crippen molar-refractivity contribution in [2.75, 3.05) is 13.2 Å². The van der Waals surface area contributed by atoms with Crippen molar-refractivity contribution in [3.63, 3.8) is 0 Å². The molecule has 17 heavy (non-hydrogen) atoms. The first-order valence-electron chi connectivity index (χ1n) is 5.64. The molecule has 1 fully saturated rings. The van der Waals surface area contributed by atoms with E-state index in [-0.39, 0.29) is 0 Å². The van der Waals surface area contributed by atoms with Crippen LogP contribution in [-0.4, -0.2) is 64.3 Å². The Hall–Kier alpha value is -0.500. The summed E-state index contributed by atoms with van der Waals surface area (Å²) in [6.45, 7) is 3.39. The van der Waals surface area contributed by atoms with Gasteiger partial charge in [0.2, 0.25) is 0 Å². The summed E-state index contributed by atoms with van der Waals surface area (Å²) < 4.78 is 10.4. The summed E-state index contributed by atoms with van der Waals surface area (Å²) in [5.41, 5.74) is 0. The molecule has 0 bridgehead atoms. The normalized spacial score (nSPS) is 34.8. The van der Waals surface area contributed by atoms with Crippen LogP contribution in [0.1, 0.15) is 12.8 Å². The van der Waals surface area contributed by atoms with E-state index >= 15 is 0 Å². The molecule has 0 aromatic carbocycles. The molecule has 1 saturated heterocycles. The van der Waals surface area contributed by atoms with Crippen molar-refractivity contribution >= 4 is 0 Å². The van der Waals surface area contributed by atoms with Gasteiger partial charge in [-0.15, -0.1) is 6.58 Å². The number of unbranched alkanes of at least 4 members (excludes halogenated alkanes) is 1. The number of aliphatic hydroxyl groups excluding tert-OH is 4. The molecule has 1 aliphatic heterocycles. The van der Waals surface area contributed by atoms with Gasteiger partial charge in [-0.05, 0) is 12.8 Å². The van der Waals surface area contributed by atoms with Crippen molar-refractivity contribution in [1.29, 1.82) is 0 Å². The second kappa shape index (κ2) is 7.05. The van der Waals surface area contributed by atoms with Gasteiger partial charge in [-0.25, -0.2) is 0 Å². The summed E-state index contributed by atoms with van der Waals surface area (Å²) in [5, 5.41) is 37.3. The van der Waals surface area contributed by atoms with Gasteiger partial charge in [0.1, 0.15) is 24.4 Å². The van der Waals surface area contributed by atoms with Gasteiger partial charge in [0.25, 0.3) is 0 Å². The number of hydrogen-bond donors (Lipinski definition) is 4. The fraction of sp³-hybridized carbons (Fsp3) is 0.818. The van der Waals surface area contributed by atoms with Gasteiger partial charge in [0.15, 0.2) is 6.29 Å². The average Bonchev–Trinajstić information content (AvgIpc) is 2.62. The van der Waals surface area contributed by atoms with E-state index in [1.165, 1.54) is 0 Å². The Morgan fingerprint density at radius 3 is 2.65 bits per heavy atom. The van der Waals surface area contributed by atoms with E-state index in [9.17, 15) is 15.3 Å². The molecule has 0 radical (unpaired) electrons.